The molecule has 0 spiro atoms. The number of esters is 1. The van der Waals surface area contributed by atoms with E-state index in [1.54, 1.807) is 16.8 Å². The van der Waals surface area contributed by atoms with Gasteiger partial charge in [0, 0.05) is 5.92 Å². The van der Waals surface area contributed by atoms with E-state index in [9.17, 15) is 9.59 Å². The minimum Gasteiger partial charge on any atom is -0.465 e. The first-order chi connectivity index (χ1) is 13.8. The number of anilines is 1. The minimum absolute atomic E-state index is 0.249. The second-order valence-corrected chi connectivity index (χ2v) is 8.23. The summed E-state index contributed by atoms with van der Waals surface area (Å²) in [6.45, 7) is 6.37. The average Bonchev–Trinajstić information content (AvgIpc) is 3.43. The zero-order chi connectivity index (χ0) is 20.8. The van der Waals surface area contributed by atoms with E-state index in [0.717, 1.165) is 24.2 Å². The van der Waals surface area contributed by atoms with Crippen molar-refractivity contribution >= 4 is 23.0 Å². The van der Waals surface area contributed by atoms with Gasteiger partial charge in [-0.2, -0.15) is 10.1 Å². The number of nitrogens with zero attached hydrogens (tertiary/aromatic N) is 4. The highest BCUT2D eigenvalue weighted by atomic mass is 16.5. The van der Waals surface area contributed by atoms with E-state index in [4.69, 9.17) is 4.74 Å². The van der Waals surface area contributed by atoms with Crippen LogP contribution in [0.2, 0.25) is 0 Å². The van der Waals surface area contributed by atoms with E-state index in [0.29, 0.717) is 35.0 Å². The number of carbonyl (C=O) groups is 1. The van der Waals surface area contributed by atoms with Gasteiger partial charge < -0.3 is 10.1 Å². The Hall–Kier alpha value is -3.23. The van der Waals surface area contributed by atoms with Gasteiger partial charge in [0.2, 0.25) is 5.95 Å². The Morgan fingerprint density at radius 2 is 2.07 bits per heavy atom. The highest BCUT2D eigenvalue weighted by molar-refractivity contribution is 5.90. The molecular weight excluding hydrogens is 372 g/mol. The Balaban J connectivity index is 1.61. The van der Waals surface area contributed by atoms with Crippen molar-refractivity contribution in [1.82, 2.24) is 24.7 Å². The molecule has 0 amide bonds. The van der Waals surface area contributed by atoms with Crippen LogP contribution in [0.1, 0.15) is 61.3 Å². The first-order valence-corrected chi connectivity index (χ1v) is 9.58. The van der Waals surface area contributed by atoms with Gasteiger partial charge in [0.15, 0.2) is 5.65 Å². The van der Waals surface area contributed by atoms with E-state index in [2.05, 4.69) is 25.4 Å². The van der Waals surface area contributed by atoms with Gasteiger partial charge in [-0.3, -0.25) is 14.8 Å². The van der Waals surface area contributed by atoms with Crippen molar-refractivity contribution in [3.8, 4) is 0 Å². The number of pyridine rings is 1. The Morgan fingerprint density at radius 3 is 2.72 bits per heavy atom. The van der Waals surface area contributed by atoms with Crippen LogP contribution in [0.4, 0.5) is 5.95 Å². The summed E-state index contributed by atoms with van der Waals surface area (Å²) >= 11 is 0. The standard InChI is InChI=1S/C20H24N6O3/c1-20(2,3)26-16-14(10-22-26)17(27)25-19(24-16)21-9-12-7-8-13(18(28)29-4)15(23-12)11-5-6-11/h7-8,10-11H,5-6,9H2,1-4H3,(H2,21,24,25,27). The van der Waals surface area contributed by atoms with Crippen molar-refractivity contribution in [3.63, 3.8) is 0 Å². The van der Waals surface area contributed by atoms with Gasteiger partial charge >= 0.3 is 5.97 Å². The van der Waals surface area contributed by atoms with Crippen LogP contribution < -0.4 is 10.9 Å². The fraction of sp³-hybridized carbons (Fsp3) is 0.450. The predicted molar refractivity (Wildman–Crippen MR) is 108 cm³/mol. The van der Waals surface area contributed by atoms with Crippen molar-refractivity contribution in [3.05, 3.63) is 45.6 Å². The fourth-order valence-electron chi connectivity index (χ4n) is 3.23. The summed E-state index contributed by atoms with van der Waals surface area (Å²) in [4.78, 5) is 36.3. The van der Waals surface area contributed by atoms with Crippen LogP contribution in [-0.2, 0) is 16.8 Å². The molecule has 9 heteroatoms. The van der Waals surface area contributed by atoms with E-state index in [1.807, 2.05) is 20.8 Å². The van der Waals surface area contributed by atoms with Gasteiger partial charge in [0.1, 0.15) is 5.39 Å². The van der Waals surface area contributed by atoms with Crippen LogP contribution >= 0.6 is 0 Å². The normalized spacial score (nSPS) is 14.2. The summed E-state index contributed by atoms with van der Waals surface area (Å²) in [6, 6.07) is 3.53. The molecule has 3 aromatic rings. The van der Waals surface area contributed by atoms with E-state index < -0.39 is 0 Å². The number of aromatic nitrogens is 5. The number of ether oxygens (including phenoxy) is 1. The van der Waals surface area contributed by atoms with Crippen molar-refractivity contribution in [2.24, 2.45) is 0 Å². The quantitative estimate of drug-likeness (QED) is 0.637. The number of hydrogen-bond donors (Lipinski definition) is 2. The molecule has 3 heterocycles. The van der Waals surface area contributed by atoms with Crippen LogP contribution in [0, 0.1) is 0 Å². The van der Waals surface area contributed by atoms with Gasteiger partial charge in [-0.25, -0.2) is 9.48 Å². The van der Waals surface area contributed by atoms with Gasteiger partial charge in [0.25, 0.3) is 5.56 Å². The van der Waals surface area contributed by atoms with Crippen LogP contribution in [0.25, 0.3) is 11.0 Å². The first kappa shape index (κ1) is 19.1. The highest BCUT2D eigenvalue weighted by Crippen LogP contribution is 2.40. The van der Waals surface area contributed by atoms with Crippen molar-refractivity contribution in [2.45, 2.75) is 51.6 Å². The van der Waals surface area contributed by atoms with Crippen LogP contribution in [0.3, 0.4) is 0 Å². The number of rotatable bonds is 5. The molecule has 1 fully saturated rings. The zero-order valence-corrected chi connectivity index (χ0v) is 16.9. The molecular formula is C20H24N6O3. The van der Waals surface area contributed by atoms with E-state index in [1.165, 1.54) is 13.3 Å². The second kappa shape index (κ2) is 6.98. The molecule has 0 aliphatic heterocycles. The second-order valence-electron chi connectivity index (χ2n) is 8.23. The lowest BCUT2D eigenvalue weighted by molar-refractivity contribution is 0.0598. The maximum absolute atomic E-state index is 12.4. The number of fused-ring (bicyclic) bond motifs is 1. The van der Waals surface area contributed by atoms with Crippen LogP contribution in [-0.4, -0.2) is 37.8 Å². The lowest BCUT2D eigenvalue weighted by Gasteiger charge is -2.19. The summed E-state index contributed by atoms with van der Waals surface area (Å²) in [6.07, 6.45) is 3.58. The SMILES string of the molecule is COC(=O)c1ccc(CNc2nc3c(cnn3C(C)(C)C)c(=O)[nH]2)nc1C1CC1. The zero-order valence-electron chi connectivity index (χ0n) is 16.9. The largest absolute Gasteiger partial charge is 0.465 e. The van der Waals surface area contributed by atoms with Crippen LogP contribution in [0.5, 0.6) is 0 Å². The minimum atomic E-state index is -0.370. The summed E-state index contributed by atoms with van der Waals surface area (Å²) in [5.41, 5.74) is 2.02. The Kier molecular flexibility index (Phi) is 4.60. The van der Waals surface area contributed by atoms with Gasteiger partial charge in [0.05, 0.1) is 42.3 Å². The molecule has 0 saturated heterocycles. The lowest BCUT2D eigenvalue weighted by atomic mass is 10.1. The first-order valence-electron chi connectivity index (χ1n) is 9.58. The smallest absolute Gasteiger partial charge is 0.339 e. The Morgan fingerprint density at radius 1 is 1.31 bits per heavy atom. The van der Waals surface area contributed by atoms with Crippen molar-refractivity contribution < 1.29 is 9.53 Å². The van der Waals surface area contributed by atoms with Crippen molar-refractivity contribution in [2.75, 3.05) is 12.4 Å². The van der Waals surface area contributed by atoms with Crippen LogP contribution in [0.15, 0.2) is 23.1 Å². The molecule has 9 nitrogen and oxygen atoms in total. The predicted octanol–water partition coefficient (Wildman–Crippen LogP) is 2.55. The lowest BCUT2D eigenvalue weighted by Crippen LogP contribution is -2.24. The molecule has 0 unspecified atom stereocenters. The Bertz CT molecular complexity index is 1140. The highest BCUT2D eigenvalue weighted by Gasteiger charge is 2.30. The average molecular weight is 396 g/mol. The summed E-state index contributed by atoms with van der Waals surface area (Å²) in [7, 11) is 1.37. The number of H-pyrrole nitrogens is 1. The number of nitrogens with one attached hydrogen (secondary N) is 2. The molecule has 152 valence electrons. The molecule has 3 aromatic heterocycles. The number of aromatic amines is 1. The molecule has 1 aliphatic rings. The third-order valence-electron chi connectivity index (χ3n) is 4.86. The van der Waals surface area contributed by atoms with E-state index in [-0.39, 0.29) is 17.1 Å². The fourth-order valence-corrected chi connectivity index (χ4v) is 3.23. The Labute approximate surface area is 167 Å². The molecule has 1 saturated carbocycles. The number of carbonyl (C=O) groups excluding carboxylic acids is 1. The molecule has 0 radical (unpaired) electrons. The van der Waals surface area contributed by atoms with Gasteiger partial charge in [-0.1, -0.05) is 0 Å². The maximum atomic E-state index is 12.4. The van der Waals surface area contributed by atoms with Crippen molar-refractivity contribution in [1.29, 1.82) is 0 Å². The third kappa shape index (κ3) is 3.72. The van der Waals surface area contributed by atoms with E-state index >= 15 is 0 Å². The number of hydrogen-bond acceptors (Lipinski definition) is 7. The summed E-state index contributed by atoms with van der Waals surface area (Å²) in [5, 5.41) is 7.88. The maximum Gasteiger partial charge on any atom is 0.339 e. The molecule has 0 atom stereocenters. The molecule has 1 aliphatic carbocycles. The third-order valence-corrected chi connectivity index (χ3v) is 4.86. The summed E-state index contributed by atoms with van der Waals surface area (Å²) < 4.78 is 6.59. The summed E-state index contributed by atoms with van der Waals surface area (Å²) in [5.74, 6) is 0.283. The topological polar surface area (TPSA) is 115 Å². The molecule has 0 bridgehead atoms. The molecule has 0 aromatic carbocycles. The molecule has 2 N–H and O–H groups in total. The van der Waals surface area contributed by atoms with Gasteiger partial charge in [-0.05, 0) is 45.7 Å². The number of methoxy groups -OCH3 is 1. The van der Waals surface area contributed by atoms with Gasteiger partial charge in [-0.15, -0.1) is 0 Å². The molecule has 4 rings (SSSR count). The monoisotopic (exact) mass is 396 g/mol. The molecule has 29 heavy (non-hydrogen) atoms.